The van der Waals surface area contributed by atoms with E-state index in [1.807, 2.05) is 7.05 Å². The van der Waals surface area contributed by atoms with Crippen LogP contribution in [0.25, 0.3) is 0 Å². The largest absolute Gasteiger partial charge is 0.464 e. The molecule has 2 aliphatic heterocycles. The Balaban J connectivity index is 1.81. The van der Waals surface area contributed by atoms with Gasteiger partial charge in [-0.15, -0.1) is 0 Å². The molecule has 4 atom stereocenters. The summed E-state index contributed by atoms with van der Waals surface area (Å²) in [5.41, 5.74) is -0.973. The summed E-state index contributed by atoms with van der Waals surface area (Å²) in [7, 11) is 1.88. The molecule has 2 fully saturated rings. The molecule has 2 N–H and O–H groups in total. The van der Waals surface area contributed by atoms with Gasteiger partial charge in [-0.05, 0) is 58.5 Å². The summed E-state index contributed by atoms with van der Waals surface area (Å²) in [6.07, 6.45) is 10.9. The average Bonchev–Trinajstić information content (AvgIpc) is 3.21. The number of fused-ring (bicyclic) bond motifs is 2. The predicted octanol–water partition coefficient (Wildman–Crippen LogP) is 1.77. The van der Waals surface area contributed by atoms with Gasteiger partial charge in [0.05, 0.1) is 6.61 Å². The Hall–Kier alpha value is -1.89. The number of hydrogen-bond donors (Lipinski definition) is 2. The van der Waals surface area contributed by atoms with Crippen LogP contribution in [0.2, 0.25) is 0 Å². The van der Waals surface area contributed by atoms with Gasteiger partial charge in [-0.3, -0.25) is 9.59 Å². The fourth-order valence-corrected chi connectivity index (χ4v) is 4.69. The van der Waals surface area contributed by atoms with Crippen LogP contribution in [0.1, 0.15) is 58.3 Å². The summed E-state index contributed by atoms with van der Waals surface area (Å²) in [5, 5.41) is 6.15. The second kappa shape index (κ2) is 9.74. The van der Waals surface area contributed by atoms with Gasteiger partial charge in [0.2, 0.25) is 11.8 Å². The van der Waals surface area contributed by atoms with Crippen molar-refractivity contribution in [3.63, 3.8) is 0 Å². The Labute approximate surface area is 173 Å². The summed E-state index contributed by atoms with van der Waals surface area (Å²) in [5.74, 6) is -0.332. The maximum atomic E-state index is 13.2. The van der Waals surface area contributed by atoms with Crippen molar-refractivity contribution in [3.8, 4) is 0 Å². The van der Waals surface area contributed by atoms with E-state index in [2.05, 4.69) is 22.8 Å². The number of nitrogens with zero attached hydrogens (tertiary/aromatic N) is 1. The Bertz CT molecular complexity index is 650. The highest BCUT2D eigenvalue weighted by Gasteiger charge is 2.62. The number of allylic oxidation sites excluding steroid dienone is 1. The van der Waals surface area contributed by atoms with Crippen LogP contribution in [0, 0.1) is 11.8 Å². The van der Waals surface area contributed by atoms with Crippen molar-refractivity contribution >= 4 is 17.8 Å². The van der Waals surface area contributed by atoms with Crippen molar-refractivity contribution in [2.45, 2.75) is 69.9 Å². The molecule has 0 aromatic carbocycles. The minimum Gasteiger partial charge on any atom is -0.464 e. The van der Waals surface area contributed by atoms with Gasteiger partial charge in [-0.1, -0.05) is 25.0 Å². The van der Waals surface area contributed by atoms with Crippen LogP contribution in [0.3, 0.4) is 0 Å². The van der Waals surface area contributed by atoms with Crippen molar-refractivity contribution < 1.29 is 19.1 Å². The Morgan fingerprint density at radius 1 is 1.31 bits per heavy atom. The summed E-state index contributed by atoms with van der Waals surface area (Å²) in [6.45, 7) is 3.41. The molecule has 2 amide bonds. The molecule has 0 aromatic rings. The molecule has 3 rings (SSSR count). The Morgan fingerprint density at radius 2 is 2.10 bits per heavy atom. The number of amides is 2. The molecule has 0 aromatic heterocycles. The molecule has 0 radical (unpaired) electrons. The van der Waals surface area contributed by atoms with Crippen LogP contribution in [0.4, 0.5) is 0 Å². The zero-order valence-electron chi connectivity index (χ0n) is 17.7. The van der Waals surface area contributed by atoms with Gasteiger partial charge in [-0.2, -0.15) is 0 Å². The third-order valence-corrected chi connectivity index (χ3v) is 6.38. The van der Waals surface area contributed by atoms with Crippen LogP contribution in [0.5, 0.6) is 0 Å². The van der Waals surface area contributed by atoms with Crippen LogP contribution in [-0.4, -0.2) is 61.0 Å². The molecule has 0 spiro atoms. The summed E-state index contributed by atoms with van der Waals surface area (Å²) in [4.78, 5) is 40.5. The highest BCUT2D eigenvalue weighted by atomic mass is 16.5. The number of esters is 1. The molecule has 7 heteroatoms. The quantitative estimate of drug-likeness (QED) is 0.550. The van der Waals surface area contributed by atoms with Gasteiger partial charge in [0, 0.05) is 18.9 Å². The van der Waals surface area contributed by atoms with E-state index in [9.17, 15) is 14.4 Å². The first kappa shape index (κ1) is 21.8. The van der Waals surface area contributed by atoms with Crippen molar-refractivity contribution in [2.75, 3.05) is 26.7 Å². The molecule has 7 nitrogen and oxygen atoms in total. The molecule has 1 saturated carbocycles. The first-order chi connectivity index (χ1) is 14.0. The van der Waals surface area contributed by atoms with Gasteiger partial charge in [-0.25, -0.2) is 4.79 Å². The lowest BCUT2D eigenvalue weighted by molar-refractivity contribution is -0.150. The molecule has 0 bridgehead atoms. The third kappa shape index (κ3) is 5.00. The van der Waals surface area contributed by atoms with E-state index in [1.54, 1.807) is 11.8 Å². The van der Waals surface area contributed by atoms with Crippen molar-refractivity contribution in [2.24, 2.45) is 11.8 Å². The Kier molecular flexibility index (Phi) is 7.33. The standard InChI is InChI=1S/C22H35N3O4/c1-3-29-21(28)22-13-17(22)10-8-6-4-5-7-9-11-19(26)25-15-16(14-23-2)12-18(25)20(27)24-22/h8,10,16-18,23H,3-7,9,11-15H2,1-2H3,(H,24,27). The fraction of sp³-hybridized carbons (Fsp3) is 0.773. The molecule has 162 valence electrons. The maximum absolute atomic E-state index is 13.2. The number of hydrogen-bond acceptors (Lipinski definition) is 5. The minimum atomic E-state index is -0.973. The lowest BCUT2D eigenvalue weighted by Crippen LogP contribution is -2.53. The molecular weight excluding hydrogens is 370 g/mol. The van der Waals surface area contributed by atoms with Gasteiger partial charge in [0.1, 0.15) is 11.6 Å². The van der Waals surface area contributed by atoms with E-state index >= 15 is 0 Å². The summed E-state index contributed by atoms with van der Waals surface area (Å²) in [6, 6.07) is -0.512. The molecule has 1 saturated heterocycles. The predicted molar refractivity (Wildman–Crippen MR) is 110 cm³/mol. The fourth-order valence-electron chi connectivity index (χ4n) is 4.69. The average molecular weight is 406 g/mol. The molecule has 29 heavy (non-hydrogen) atoms. The first-order valence-electron chi connectivity index (χ1n) is 11.1. The molecular formula is C22H35N3O4. The Morgan fingerprint density at radius 3 is 2.86 bits per heavy atom. The van der Waals surface area contributed by atoms with E-state index in [4.69, 9.17) is 4.74 Å². The normalized spacial score (nSPS) is 33.2. The lowest BCUT2D eigenvalue weighted by atomic mass is 10.0. The molecule has 3 aliphatic rings. The van der Waals surface area contributed by atoms with E-state index in [1.165, 1.54) is 0 Å². The number of ether oxygens (including phenoxy) is 1. The molecule has 2 heterocycles. The summed E-state index contributed by atoms with van der Waals surface area (Å²) < 4.78 is 5.28. The van der Waals surface area contributed by atoms with Crippen molar-refractivity contribution in [1.82, 2.24) is 15.5 Å². The van der Waals surface area contributed by atoms with Crippen LogP contribution in [0.15, 0.2) is 12.2 Å². The van der Waals surface area contributed by atoms with Gasteiger partial charge < -0.3 is 20.3 Å². The topological polar surface area (TPSA) is 87.7 Å². The first-order valence-corrected chi connectivity index (χ1v) is 11.1. The minimum absolute atomic E-state index is 0.0331. The number of nitrogens with one attached hydrogen (secondary N) is 2. The maximum Gasteiger partial charge on any atom is 0.332 e. The van der Waals surface area contributed by atoms with Crippen molar-refractivity contribution in [1.29, 1.82) is 0 Å². The number of carbonyl (C=O) groups is 3. The lowest BCUT2D eigenvalue weighted by Gasteiger charge is -2.26. The van der Waals surface area contributed by atoms with E-state index < -0.39 is 11.6 Å². The van der Waals surface area contributed by atoms with Gasteiger partial charge in [0.15, 0.2) is 0 Å². The number of rotatable bonds is 4. The smallest absolute Gasteiger partial charge is 0.332 e. The second-order valence-electron chi connectivity index (χ2n) is 8.59. The van der Waals surface area contributed by atoms with E-state index in [0.717, 1.165) is 38.6 Å². The number of carbonyl (C=O) groups excluding carboxylic acids is 3. The highest BCUT2D eigenvalue weighted by Crippen LogP contribution is 2.46. The SMILES string of the molecule is CCOC(=O)C12CC1C=CCCCCCCC(=O)N1CC(CNC)CC1C(=O)N2. The summed E-state index contributed by atoms with van der Waals surface area (Å²) >= 11 is 0. The zero-order chi connectivity index (χ0) is 20.9. The van der Waals surface area contributed by atoms with Crippen molar-refractivity contribution in [3.05, 3.63) is 12.2 Å². The van der Waals surface area contributed by atoms with Gasteiger partial charge in [0.25, 0.3) is 0 Å². The highest BCUT2D eigenvalue weighted by molar-refractivity contribution is 5.95. The second-order valence-corrected chi connectivity index (χ2v) is 8.59. The monoisotopic (exact) mass is 405 g/mol. The van der Waals surface area contributed by atoms with Gasteiger partial charge >= 0.3 is 5.97 Å². The third-order valence-electron chi connectivity index (χ3n) is 6.38. The molecule has 1 aliphatic carbocycles. The zero-order valence-corrected chi connectivity index (χ0v) is 17.7. The van der Waals surface area contributed by atoms with Crippen LogP contribution < -0.4 is 10.6 Å². The molecule has 4 unspecified atom stereocenters. The van der Waals surface area contributed by atoms with E-state index in [0.29, 0.717) is 25.8 Å². The van der Waals surface area contributed by atoms with Crippen LogP contribution >= 0.6 is 0 Å². The van der Waals surface area contributed by atoms with Crippen LogP contribution in [-0.2, 0) is 19.1 Å². The van der Waals surface area contributed by atoms with E-state index in [-0.39, 0.29) is 36.2 Å².